The number of allylic oxidation sites excluding steroid dienone is 1. The molecule has 3 heterocycles. The largest absolute Gasteiger partial charge is 0.444 e. The lowest BCUT2D eigenvalue weighted by atomic mass is 10.0. The maximum atomic E-state index is 14.2. The van der Waals surface area contributed by atoms with Crippen molar-refractivity contribution in [3.8, 4) is 0 Å². The van der Waals surface area contributed by atoms with E-state index in [1.807, 2.05) is 37.3 Å². The molecule has 4 aliphatic rings. The van der Waals surface area contributed by atoms with E-state index in [9.17, 15) is 24.0 Å². The Morgan fingerprint density at radius 1 is 1.06 bits per heavy atom. The summed E-state index contributed by atoms with van der Waals surface area (Å²) in [5.74, 6) is -1.35. The van der Waals surface area contributed by atoms with Gasteiger partial charge in [0.2, 0.25) is 17.7 Å². The van der Waals surface area contributed by atoms with E-state index >= 15 is 0 Å². The third kappa shape index (κ3) is 8.26. The van der Waals surface area contributed by atoms with Gasteiger partial charge in [0, 0.05) is 32.0 Å². The van der Waals surface area contributed by atoms with Gasteiger partial charge in [0.05, 0.1) is 6.54 Å². The molecule has 1 aromatic carbocycles. The van der Waals surface area contributed by atoms with Gasteiger partial charge in [0.1, 0.15) is 29.3 Å². The Kier molecular flexibility index (Phi) is 10.5. The van der Waals surface area contributed by atoms with Crippen molar-refractivity contribution >= 4 is 29.9 Å². The van der Waals surface area contributed by atoms with Gasteiger partial charge in [-0.15, -0.1) is 0 Å². The van der Waals surface area contributed by atoms with Crippen LogP contribution >= 0.6 is 0 Å². The molecule has 3 N–H and O–H groups in total. The summed E-state index contributed by atoms with van der Waals surface area (Å²) >= 11 is 0. The molecule has 5 atom stereocenters. The maximum Gasteiger partial charge on any atom is 0.410 e. The number of benzene rings is 1. The van der Waals surface area contributed by atoms with Gasteiger partial charge in [-0.05, 0) is 64.0 Å². The third-order valence-corrected chi connectivity index (χ3v) is 9.24. The number of amides is 5. The number of nitrogens with zero attached hydrogens (tertiary/aromatic N) is 2. The van der Waals surface area contributed by atoms with E-state index in [-0.39, 0.29) is 24.8 Å². The fourth-order valence-corrected chi connectivity index (χ4v) is 6.69. The zero-order valence-electron chi connectivity index (χ0n) is 28.0. The fraction of sp³-hybridized carbons (Fsp3) is 0.629. The van der Waals surface area contributed by atoms with Crippen molar-refractivity contribution in [2.24, 2.45) is 5.92 Å². The highest BCUT2D eigenvalue weighted by atomic mass is 16.6. The van der Waals surface area contributed by atoms with Crippen LogP contribution in [0.4, 0.5) is 9.59 Å². The molecule has 5 amide bonds. The molecule has 47 heavy (non-hydrogen) atoms. The van der Waals surface area contributed by atoms with Crippen molar-refractivity contribution in [1.82, 2.24) is 25.8 Å². The molecule has 0 bridgehead atoms. The SMILES string of the molecule is CCCNC(=O)[C@@]12C[C@@H]1/C=C\CCCCC[C@H](NC(=O)OC(C)(C)C)C(=O)N1C[C@H](OC(=O)N3Cc4ccccc4C3)C[C@H]1C(=O)N2. The number of carbonyl (C=O) groups is 5. The number of fused-ring (bicyclic) bond motifs is 3. The minimum absolute atomic E-state index is 0.0195. The van der Waals surface area contributed by atoms with Gasteiger partial charge in [0.25, 0.3) is 0 Å². The van der Waals surface area contributed by atoms with Gasteiger partial charge in [0.15, 0.2) is 0 Å². The molecular weight excluding hydrogens is 602 g/mol. The summed E-state index contributed by atoms with van der Waals surface area (Å²) in [4.78, 5) is 70.8. The Morgan fingerprint density at radius 2 is 1.79 bits per heavy atom. The van der Waals surface area contributed by atoms with Crippen LogP contribution in [-0.2, 0) is 36.9 Å². The van der Waals surface area contributed by atoms with Crippen molar-refractivity contribution in [3.05, 3.63) is 47.5 Å². The smallest absolute Gasteiger partial charge is 0.410 e. The second-order valence-electron chi connectivity index (χ2n) is 14.2. The van der Waals surface area contributed by atoms with Gasteiger partial charge in [-0.3, -0.25) is 19.3 Å². The van der Waals surface area contributed by atoms with Gasteiger partial charge in [-0.2, -0.15) is 0 Å². The molecule has 12 heteroatoms. The minimum Gasteiger partial charge on any atom is -0.444 e. The summed E-state index contributed by atoms with van der Waals surface area (Å²) < 4.78 is 11.4. The van der Waals surface area contributed by atoms with E-state index < -0.39 is 53.3 Å². The van der Waals surface area contributed by atoms with Gasteiger partial charge >= 0.3 is 12.2 Å². The Morgan fingerprint density at radius 3 is 2.47 bits per heavy atom. The summed E-state index contributed by atoms with van der Waals surface area (Å²) in [6.45, 7) is 8.49. The monoisotopic (exact) mass is 651 g/mol. The Labute approximate surface area is 277 Å². The molecule has 0 radical (unpaired) electrons. The highest BCUT2D eigenvalue weighted by Crippen LogP contribution is 2.45. The van der Waals surface area contributed by atoms with Crippen LogP contribution in [0.2, 0.25) is 0 Å². The van der Waals surface area contributed by atoms with Crippen LogP contribution in [0.15, 0.2) is 36.4 Å². The summed E-state index contributed by atoms with van der Waals surface area (Å²) in [5, 5.41) is 8.68. The van der Waals surface area contributed by atoms with Crippen LogP contribution in [0.25, 0.3) is 0 Å². The average Bonchev–Trinajstić information content (AvgIpc) is 3.33. The highest BCUT2D eigenvalue weighted by Gasteiger charge is 2.61. The molecule has 1 aliphatic carbocycles. The number of carbonyl (C=O) groups excluding carboxylic acids is 5. The maximum absolute atomic E-state index is 14.2. The lowest BCUT2D eigenvalue weighted by Gasteiger charge is -2.30. The predicted molar refractivity (Wildman–Crippen MR) is 174 cm³/mol. The first-order chi connectivity index (χ1) is 22.4. The van der Waals surface area contributed by atoms with Gasteiger partial charge in [-0.25, -0.2) is 9.59 Å². The Balaban J connectivity index is 1.38. The number of hydrogen-bond donors (Lipinski definition) is 3. The van der Waals surface area contributed by atoms with Crippen molar-refractivity contribution < 1.29 is 33.4 Å². The molecule has 0 spiro atoms. The molecule has 12 nitrogen and oxygen atoms in total. The summed E-state index contributed by atoms with van der Waals surface area (Å²) in [6.07, 6.45) is 6.88. The number of nitrogens with one attached hydrogen (secondary N) is 3. The first kappa shape index (κ1) is 34.3. The first-order valence-electron chi connectivity index (χ1n) is 17.0. The van der Waals surface area contributed by atoms with Crippen LogP contribution in [0.1, 0.15) is 90.2 Å². The van der Waals surface area contributed by atoms with Crippen molar-refractivity contribution in [1.29, 1.82) is 0 Å². The zero-order chi connectivity index (χ0) is 33.8. The standard InChI is InChI=1S/C35H49N5O7/c1-5-17-36-31(43)35-19-25(35)15-9-7-6-8-10-16-27(37-32(44)47-34(2,3)4)30(42)40-22-26(18-28(40)29(41)38-35)46-33(45)39-20-23-13-11-12-14-24(23)21-39/h9,11-15,25-28H,5-8,10,16-22H2,1-4H3,(H,36,43)(H,37,44)(H,38,41)/b15-9-/t25-,26+,27-,28-,35+/m0/s1. The van der Waals surface area contributed by atoms with Crippen molar-refractivity contribution in [2.75, 3.05) is 13.1 Å². The van der Waals surface area contributed by atoms with Crippen molar-refractivity contribution in [2.45, 2.75) is 121 Å². The normalized spacial score (nSPS) is 28.4. The zero-order valence-corrected chi connectivity index (χ0v) is 28.0. The second-order valence-corrected chi connectivity index (χ2v) is 14.2. The Hall–Kier alpha value is -4.09. The fourth-order valence-electron chi connectivity index (χ4n) is 6.69. The second kappa shape index (κ2) is 14.4. The molecule has 2 fully saturated rings. The molecule has 1 saturated carbocycles. The molecule has 0 aromatic heterocycles. The third-order valence-electron chi connectivity index (χ3n) is 9.24. The molecular formula is C35H49N5O7. The summed E-state index contributed by atoms with van der Waals surface area (Å²) in [5.41, 5.74) is 0.224. The summed E-state index contributed by atoms with van der Waals surface area (Å²) in [7, 11) is 0. The van der Waals surface area contributed by atoms with Crippen molar-refractivity contribution in [3.63, 3.8) is 0 Å². The predicted octanol–water partition coefficient (Wildman–Crippen LogP) is 3.92. The van der Waals surface area contributed by atoms with Crippen LogP contribution in [-0.4, -0.2) is 82.1 Å². The quantitative estimate of drug-likeness (QED) is 0.409. The molecule has 1 saturated heterocycles. The summed E-state index contributed by atoms with van der Waals surface area (Å²) in [6, 6.07) is 5.85. The van der Waals surface area contributed by atoms with E-state index in [1.165, 1.54) is 4.90 Å². The number of rotatable bonds is 5. The van der Waals surface area contributed by atoms with Gasteiger partial charge in [-0.1, -0.05) is 56.2 Å². The van der Waals surface area contributed by atoms with E-state index in [4.69, 9.17) is 9.47 Å². The van der Waals surface area contributed by atoms with Crippen LogP contribution in [0.3, 0.4) is 0 Å². The lowest BCUT2D eigenvalue weighted by Crippen LogP contribution is -2.58. The number of ether oxygens (including phenoxy) is 2. The van der Waals surface area contributed by atoms with Crippen LogP contribution in [0.5, 0.6) is 0 Å². The topological polar surface area (TPSA) is 146 Å². The molecule has 1 aromatic rings. The average molecular weight is 652 g/mol. The van der Waals surface area contributed by atoms with Crippen LogP contribution in [0, 0.1) is 5.92 Å². The van der Waals surface area contributed by atoms with Crippen LogP contribution < -0.4 is 16.0 Å². The first-order valence-corrected chi connectivity index (χ1v) is 17.0. The lowest BCUT2D eigenvalue weighted by molar-refractivity contribution is -0.141. The van der Waals surface area contributed by atoms with E-state index in [0.717, 1.165) is 36.8 Å². The molecule has 5 rings (SSSR count). The van der Waals surface area contributed by atoms with E-state index in [2.05, 4.69) is 22.0 Å². The molecule has 256 valence electrons. The number of hydrogen-bond acceptors (Lipinski definition) is 7. The molecule has 3 aliphatic heterocycles. The van der Waals surface area contributed by atoms with E-state index in [1.54, 1.807) is 25.7 Å². The number of alkyl carbamates (subject to hydrolysis) is 1. The highest BCUT2D eigenvalue weighted by molar-refractivity contribution is 5.98. The van der Waals surface area contributed by atoms with E-state index in [0.29, 0.717) is 38.9 Å². The molecule has 0 unspecified atom stereocenters. The minimum atomic E-state index is -1.11. The Bertz CT molecular complexity index is 1370. The van der Waals surface area contributed by atoms with Gasteiger partial charge < -0.3 is 30.3 Å².